The molecule has 0 spiro atoms. The van der Waals surface area contributed by atoms with Crippen LogP contribution in [-0.2, 0) is 14.4 Å². The first kappa shape index (κ1) is 33.5. The zero-order valence-corrected chi connectivity index (χ0v) is 27.0. The van der Waals surface area contributed by atoms with E-state index in [1.165, 1.54) is 0 Å². The summed E-state index contributed by atoms with van der Waals surface area (Å²) in [6.45, 7) is 9.48. The maximum Gasteiger partial charge on any atom is 0.239 e. The molecule has 248 valence electrons. The molecule has 3 aliphatic carbocycles. The van der Waals surface area contributed by atoms with Crippen LogP contribution in [0.15, 0.2) is 47.7 Å². The topological polar surface area (TPSA) is 121 Å². The van der Waals surface area contributed by atoms with E-state index in [0.717, 1.165) is 68.2 Å². The third-order valence-electron chi connectivity index (χ3n) is 10.0. The zero-order chi connectivity index (χ0) is 32.0. The number of unbranched alkanes of at least 4 members (excludes halogenated alkanes) is 2. The van der Waals surface area contributed by atoms with Crippen LogP contribution in [0.2, 0.25) is 0 Å². The third kappa shape index (κ3) is 6.81. The molecule has 9 heteroatoms. The molecule has 0 aromatic heterocycles. The van der Waals surface area contributed by atoms with E-state index >= 15 is 0 Å². The number of nitrogens with zero attached hydrogens (tertiary/aromatic N) is 2. The minimum Gasteiger partial charge on any atom is -0.508 e. The summed E-state index contributed by atoms with van der Waals surface area (Å²) in [4.78, 5) is 21.7. The summed E-state index contributed by atoms with van der Waals surface area (Å²) >= 11 is 0. The Morgan fingerprint density at radius 3 is 2.58 bits per heavy atom. The average Bonchev–Trinajstić information content (AvgIpc) is 3.89. The van der Waals surface area contributed by atoms with E-state index in [4.69, 9.17) is 19.5 Å². The number of aliphatic hydroxyl groups excluding tert-OH is 2. The number of hydrogen-bond donors (Lipinski definition) is 3. The first-order valence-electron chi connectivity index (χ1n) is 17.1. The van der Waals surface area contributed by atoms with Crippen LogP contribution in [0.1, 0.15) is 89.5 Å². The quantitative estimate of drug-likeness (QED) is 0.116. The number of allylic oxidation sites excluding steroid dienone is 1. The van der Waals surface area contributed by atoms with Gasteiger partial charge in [0.15, 0.2) is 0 Å². The van der Waals surface area contributed by atoms with E-state index in [9.17, 15) is 20.1 Å². The molecule has 4 aliphatic rings. The molecule has 45 heavy (non-hydrogen) atoms. The van der Waals surface area contributed by atoms with E-state index in [2.05, 4.69) is 19.6 Å². The molecule has 2 saturated carbocycles. The van der Waals surface area contributed by atoms with Crippen LogP contribution < -0.4 is 4.74 Å². The van der Waals surface area contributed by atoms with Crippen molar-refractivity contribution in [3.63, 3.8) is 0 Å². The molecule has 0 saturated heterocycles. The summed E-state index contributed by atoms with van der Waals surface area (Å²) < 4.78 is 14.0. The second-order valence-electron chi connectivity index (χ2n) is 13.0. The normalized spacial score (nSPS) is 29.3. The Hall–Kier alpha value is -2.88. The van der Waals surface area contributed by atoms with Crippen LogP contribution in [0.3, 0.4) is 0 Å². The van der Waals surface area contributed by atoms with Crippen molar-refractivity contribution in [2.45, 2.75) is 95.8 Å². The molecular formula is C36H52N2O7. The van der Waals surface area contributed by atoms with Gasteiger partial charge in [-0.05, 0) is 87.5 Å². The Bertz CT molecular complexity index is 1240. The van der Waals surface area contributed by atoms with Crippen molar-refractivity contribution in [3.8, 4) is 11.5 Å². The number of carbonyl (C=O) groups is 1. The molecule has 1 aromatic rings. The summed E-state index contributed by atoms with van der Waals surface area (Å²) in [5.74, 6) is -0.356. The van der Waals surface area contributed by atoms with Crippen molar-refractivity contribution in [3.05, 3.63) is 48.1 Å². The summed E-state index contributed by atoms with van der Waals surface area (Å²) in [7, 11) is 0. The van der Waals surface area contributed by atoms with Gasteiger partial charge in [0, 0.05) is 43.6 Å². The lowest BCUT2D eigenvalue weighted by Crippen LogP contribution is -2.70. The monoisotopic (exact) mass is 624 g/mol. The molecule has 3 N–H and O–H groups in total. The van der Waals surface area contributed by atoms with Crippen molar-refractivity contribution in [1.82, 2.24) is 4.90 Å². The van der Waals surface area contributed by atoms with Crippen LogP contribution in [0.5, 0.6) is 11.5 Å². The Morgan fingerprint density at radius 1 is 1.16 bits per heavy atom. The van der Waals surface area contributed by atoms with Crippen molar-refractivity contribution in [2.24, 2.45) is 28.8 Å². The second kappa shape index (κ2) is 15.1. The molecule has 6 atom stereocenters. The predicted molar refractivity (Wildman–Crippen MR) is 173 cm³/mol. The Labute approximate surface area is 267 Å². The number of aliphatic hydroxyl groups is 2. The average molecular weight is 625 g/mol. The summed E-state index contributed by atoms with van der Waals surface area (Å²) in [6.07, 6.45) is 12.0. The number of phenolic OH excluding ortho intramolecular Hbond substituents is 1. The highest BCUT2D eigenvalue weighted by atomic mass is 16.7. The molecule has 1 aliphatic heterocycles. The summed E-state index contributed by atoms with van der Waals surface area (Å²) in [5.41, 5.74) is 2.76. The van der Waals surface area contributed by atoms with Gasteiger partial charge >= 0.3 is 0 Å². The van der Waals surface area contributed by atoms with Gasteiger partial charge in [-0.2, -0.15) is 0 Å². The lowest BCUT2D eigenvalue weighted by Gasteiger charge is -2.60. The molecule has 1 heterocycles. The highest BCUT2D eigenvalue weighted by molar-refractivity contribution is 6.03. The standard InChI is InChI=1S/C36H52N2O7/c1-4-17-38(35(42)24-13-14-24)32-23-30(37-44-6-3)28-21-25(11-7-9-18-39)27(12-8-10-19-40)33-29-22-26(41)15-16-31(29)45-36(32,34(28)33)43-20-5-2/h5,15-16,21-22,24-25,27,32-34,39-41H,2,4,6-14,17-20,23H2,1,3H3/t25-,27+,32-,33+,34+,36+/m0/s1. The molecule has 1 amide bonds. The minimum absolute atomic E-state index is 0.0225. The van der Waals surface area contributed by atoms with E-state index in [-0.39, 0.29) is 61.1 Å². The Kier molecular flexibility index (Phi) is 11.3. The van der Waals surface area contributed by atoms with Crippen molar-refractivity contribution in [1.29, 1.82) is 0 Å². The van der Waals surface area contributed by atoms with Crippen LogP contribution in [0.25, 0.3) is 0 Å². The maximum atomic E-state index is 14.0. The lowest BCUT2D eigenvalue weighted by atomic mass is 9.55. The largest absolute Gasteiger partial charge is 0.508 e. The van der Waals surface area contributed by atoms with E-state index < -0.39 is 11.8 Å². The molecule has 0 radical (unpaired) electrons. The number of phenols is 1. The molecular weight excluding hydrogens is 572 g/mol. The Morgan fingerprint density at radius 2 is 1.91 bits per heavy atom. The number of carbonyl (C=O) groups excluding carboxylic acids is 1. The molecule has 0 unspecified atom stereocenters. The predicted octanol–water partition coefficient (Wildman–Crippen LogP) is 5.69. The SMILES string of the molecule is C=CCO[C@@]12Oc3ccc(O)cc3[C@H]3[C@H](CCCCO)[C@@H](CCCCO)C=C(C(=NOCC)C[C@@H]1N(CCC)C(=O)C1CC1)[C@H]32. The minimum atomic E-state index is -1.22. The summed E-state index contributed by atoms with van der Waals surface area (Å²) in [5, 5.41) is 34.8. The van der Waals surface area contributed by atoms with Crippen LogP contribution in [0, 0.1) is 23.7 Å². The highest BCUT2D eigenvalue weighted by Gasteiger charge is 2.65. The van der Waals surface area contributed by atoms with Gasteiger partial charge in [0.05, 0.1) is 18.2 Å². The van der Waals surface area contributed by atoms with Crippen molar-refractivity contribution in [2.75, 3.05) is 33.0 Å². The van der Waals surface area contributed by atoms with Gasteiger partial charge in [-0.3, -0.25) is 4.79 Å². The number of benzene rings is 1. The van der Waals surface area contributed by atoms with Gasteiger partial charge in [0.2, 0.25) is 11.7 Å². The number of amides is 1. The molecule has 1 aromatic carbocycles. The lowest BCUT2D eigenvalue weighted by molar-refractivity contribution is -0.257. The molecule has 2 fully saturated rings. The number of aromatic hydroxyl groups is 1. The van der Waals surface area contributed by atoms with Crippen LogP contribution in [0.4, 0.5) is 0 Å². The van der Waals surface area contributed by atoms with E-state index in [0.29, 0.717) is 31.7 Å². The first-order chi connectivity index (χ1) is 21.9. The smallest absolute Gasteiger partial charge is 0.239 e. The van der Waals surface area contributed by atoms with Gasteiger partial charge in [-0.1, -0.05) is 37.1 Å². The van der Waals surface area contributed by atoms with E-state index in [1.807, 2.05) is 24.0 Å². The third-order valence-corrected chi connectivity index (χ3v) is 10.0. The fourth-order valence-corrected chi connectivity index (χ4v) is 8.03. The van der Waals surface area contributed by atoms with Gasteiger partial charge in [-0.15, -0.1) is 6.58 Å². The van der Waals surface area contributed by atoms with Crippen LogP contribution >= 0.6 is 0 Å². The fourth-order valence-electron chi connectivity index (χ4n) is 8.03. The number of oxime groups is 1. The molecule has 9 nitrogen and oxygen atoms in total. The number of hydrogen-bond acceptors (Lipinski definition) is 8. The fraction of sp³-hybridized carbons (Fsp3) is 0.667. The van der Waals surface area contributed by atoms with Gasteiger partial charge in [0.25, 0.3) is 0 Å². The number of fused-ring (bicyclic) bond motifs is 2. The molecule has 5 rings (SSSR count). The van der Waals surface area contributed by atoms with Crippen LogP contribution in [-0.4, -0.2) is 76.6 Å². The van der Waals surface area contributed by atoms with E-state index in [1.54, 1.807) is 12.1 Å². The van der Waals surface area contributed by atoms with Crippen molar-refractivity contribution < 1.29 is 34.4 Å². The second-order valence-corrected chi connectivity index (χ2v) is 13.0. The van der Waals surface area contributed by atoms with Gasteiger partial charge in [0.1, 0.15) is 24.1 Å². The Balaban J connectivity index is 1.75. The van der Waals surface area contributed by atoms with Gasteiger partial charge < -0.3 is 34.5 Å². The zero-order valence-electron chi connectivity index (χ0n) is 27.0. The van der Waals surface area contributed by atoms with Crippen molar-refractivity contribution >= 4 is 11.6 Å². The molecule has 0 bridgehead atoms. The number of ether oxygens (including phenoxy) is 2. The first-order valence-corrected chi connectivity index (χ1v) is 17.1. The highest BCUT2D eigenvalue weighted by Crippen LogP contribution is 2.62. The number of rotatable bonds is 17. The summed E-state index contributed by atoms with van der Waals surface area (Å²) in [6, 6.07) is 4.85. The van der Waals surface area contributed by atoms with Gasteiger partial charge in [-0.25, -0.2) is 0 Å². The maximum absolute atomic E-state index is 14.0.